The summed E-state index contributed by atoms with van der Waals surface area (Å²) in [5.41, 5.74) is 1.04. The van der Waals surface area contributed by atoms with E-state index in [-0.39, 0.29) is 29.9 Å². The molecule has 22 heavy (non-hydrogen) atoms. The van der Waals surface area contributed by atoms with Crippen LogP contribution in [-0.4, -0.2) is 30.3 Å². The van der Waals surface area contributed by atoms with Gasteiger partial charge in [0.1, 0.15) is 5.82 Å². The molecule has 122 valence electrons. The third-order valence-corrected chi connectivity index (χ3v) is 4.53. The van der Waals surface area contributed by atoms with Crippen molar-refractivity contribution < 1.29 is 14.3 Å². The highest BCUT2D eigenvalue weighted by molar-refractivity contribution is 5.74. The van der Waals surface area contributed by atoms with Crippen molar-refractivity contribution >= 4 is 6.03 Å². The molecule has 5 heteroatoms. The molecule has 3 N–H and O–H groups in total. The van der Waals surface area contributed by atoms with E-state index >= 15 is 0 Å². The molecule has 1 aromatic carbocycles. The molecule has 1 aliphatic rings. The zero-order chi connectivity index (χ0) is 16.0. The molecule has 1 aromatic rings. The molecule has 1 aliphatic carbocycles. The van der Waals surface area contributed by atoms with Crippen LogP contribution in [0, 0.1) is 5.82 Å². The maximum absolute atomic E-state index is 13.1. The Balaban J connectivity index is 1.86. The molecule has 1 saturated carbocycles. The molecule has 2 rings (SSSR count). The molecule has 0 aliphatic heterocycles. The van der Waals surface area contributed by atoms with E-state index in [0.717, 1.165) is 31.2 Å². The minimum Gasteiger partial charge on any atom is -0.396 e. The number of urea groups is 1. The summed E-state index contributed by atoms with van der Waals surface area (Å²) < 4.78 is 13.1. The van der Waals surface area contributed by atoms with Gasteiger partial charge in [0.15, 0.2) is 0 Å². The summed E-state index contributed by atoms with van der Waals surface area (Å²) in [7, 11) is 0. The molecule has 1 atom stereocenters. The summed E-state index contributed by atoms with van der Waals surface area (Å²) in [6, 6.07) is 6.45. The Morgan fingerprint density at radius 1 is 1.36 bits per heavy atom. The topological polar surface area (TPSA) is 61.4 Å². The van der Waals surface area contributed by atoms with Gasteiger partial charge in [-0.05, 0) is 50.3 Å². The average molecular weight is 308 g/mol. The molecule has 2 amide bonds. The summed E-state index contributed by atoms with van der Waals surface area (Å²) >= 11 is 0. The number of carbonyl (C=O) groups excluding carboxylic acids is 1. The van der Waals surface area contributed by atoms with Gasteiger partial charge in [-0.25, -0.2) is 9.18 Å². The molecule has 0 bridgehead atoms. The summed E-state index contributed by atoms with van der Waals surface area (Å²) in [6.07, 6.45) is 4.60. The van der Waals surface area contributed by atoms with Crippen molar-refractivity contribution in [1.82, 2.24) is 10.6 Å². The van der Waals surface area contributed by atoms with Gasteiger partial charge in [-0.1, -0.05) is 18.6 Å². The molecular formula is C17H25FN2O2. The van der Waals surface area contributed by atoms with Crippen molar-refractivity contribution in [1.29, 1.82) is 0 Å². The van der Waals surface area contributed by atoms with Crippen LogP contribution in [0.25, 0.3) is 0 Å². The molecule has 0 aromatic heterocycles. The van der Waals surface area contributed by atoms with Crippen molar-refractivity contribution in [2.75, 3.05) is 13.2 Å². The number of nitrogens with one attached hydrogen (secondary N) is 2. The van der Waals surface area contributed by atoms with Gasteiger partial charge in [-0.2, -0.15) is 0 Å². The van der Waals surface area contributed by atoms with Crippen LogP contribution in [0.4, 0.5) is 9.18 Å². The third-order valence-electron chi connectivity index (χ3n) is 4.53. The van der Waals surface area contributed by atoms with Gasteiger partial charge in [-0.3, -0.25) is 0 Å². The standard InChI is InChI=1S/C17H25FN2O2/c1-13(4-2-11-21)20-16(22)19-12-17(9-3-10-17)14-5-7-15(18)8-6-14/h5-8,13,21H,2-4,9-12H2,1H3,(H2,19,20,22). The molecular weight excluding hydrogens is 283 g/mol. The second-order valence-corrected chi connectivity index (χ2v) is 6.23. The molecule has 0 radical (unpaired) electrons. The first-order valence-electron chi connectivity index (χ1n) is 7.97. The van der Waals surface area contributed by atoms with E-state index in [9.17, 15) is 9.18 Å². The van der Waals surface area contributed by atoms with E-state index in [0.29, 0.717) is 13.0 Å². The van der Waals surface area contributed by atoms with E-state index < -0.39 is 0 Å². The number of hydrogen-bond acceptors (Lipinski definition) is 2. The van der Waals surface area contributed by atoms with E-state index in [1.54, 1.807) is 0 Å². The van der Waals surface area contributed by atoms with Crippen LogP contribution in [0.3, 0.4) is 0 Å². The van der Waals surface area contributed by atoms with Crippen molar-refractivity contribution in [3.05, 3.63) is 35.6 Å². The van der Waals surface area contributed by atoms with E-state index in [2.05, 4.69) is 10.6 Å². The maximum atomic E-state index is 13.1. The highest BCUT2D eigenvalue weighted by Gasteiger charge is 2.38. The van der Waals surface area contributed by atoms with Crippen LogP contribution >= 0.6 is 0 Å². The van der Waals surface area contributed by atoms with Gasteiger partial charge in [0.25, 0.3) is 0 Å². The summed E-state index contributed by atoms with van der Waals surface area (Å²) in [6.45, 7) is 2.63. The Morgan fingerprint density at radius 2 is 2.05 bits per heavy atom. The normalized spacial score (nSPS) is 17.4. The fourth-order valence-corrected chi connectivity index (χ4v) is 2.97. The highest BCUT2D eigenvalue weighted by atomic mass is 19.1. The second kappa shape index (κ2) is 7.58. The zero-order valence-electron chi connectivity index (χ0n) is 13.1. The Hall–Kier alpha value is -1.62. The number of aliphatic hydroxyl groups is 1. The van der Waals surface area contributed by atoms with Gasteiger partial charge >= 0.3 is 6.03 Å². The molecule has 1 fully saturated rings. The van der Waals surface area contributed by atoms with E-state index in [1.165, 1.54) is 12.1 Å². The maximum Gasteiger partial charge on any atom is 0.315 e. The number of halogens is 1. The first kappa shape index (κ1) is 16.7. The Labute approximate surface area is 131 Å². The first-order valence-corrected chi connectivity index (χ1v) is 7.97. The van der Waals surface area contributed by atoms with Crippen LogP contribution in [0.1, 0.15) is 44.6 Å². The Morgan fingerprint density at radius 3 is 2.59 bits per heavy atom. The van der Waals surface area contributed by atoms with Gasteiger partial charge in [0.05, 0.1) is 0 Å². The lowest BCUT2D eigenvalue weighted by atomic mass is 9.64. The minimum atomic E-state index is -0.235. The van der Waals surface area contributed by atoms with Gasteiger partial charge in [0.2, 0.25) is 0 Å². The van der Waals surface area contributed by atoms with Gasteiger partial charge in [0, 0.05) is 24.6 Å². The predicted molar refractivity (Wildman–Crippen MR) is 84.2 cm³/mol. The van der Waals surface area contributed by atoms with E-state index in [4.69, 9.17) is 5.11 Å². The monoisotopic (exact) mass is 308 g/mol. The lowest BCUT2D eigenvalue weighted by Crippen LogP contribution is -2.49. The predicted octanol–water partition coefficient (Wildman–Crippen LogP) is 2.71. The summed E-state index contributed by atoms with van der Waals surface area (Å²) in [5, 5.41) is 14.6. The number of rotatable bonds is 7. The number of amides is 2. The Kier molecular flexibility index (Phi) is 5.77. The molecule has 0 heterocycles. The van der Waals surface area contributed by atoms with Crippen molar-refractivity contribution in [3.63, 3.8) is 0 Å². The smallest absolute Gasteiger partial charge is 0.315 e. The lowest BCUT2D eigenvalue weighted by molar-refractivity contribution is 0.211. The Bertz CT molecular complexity index is 486. The third kappa shape index (κ3) is 4.19. The SMILES string of the molecule is CC(CCCO)NC(=O)NCC1(c2ccc(F)cc2)CCC1. The summed E-state index contributed by atoms with van der Waals surface area (Å²) in [5.74, 6) is -0.235. The van der Waals surface area contributed by atoms with Crippen LogP contribution < -0.4 is 10.6 Å². The molecule has 1 unspecified atom stereocenters. The fraction of sp³-hybridized carbons (Fsp3) is 0.588. The number of benzene rings is 1. The minimum absolute atomic E-state index is 0.0373. The quantitative estimate of drug-likeness (QED) is 0.725. The summed E-state index contributed by atoms with van der Waals surface area (Å²) in [4.78, 5) is 11.9. The molecule has 4 nitrogen and oxygen atoms in total. The second-order valence-electron chi connectivity index (χ2n) is 6.23. The van der Waals surface area contributed by atoms with Crippen LogP contribution in [0.2, 0.25) is 0 Å². The van der Waals surface area contributed by atoms with Gasteiger partial charge < -0.3 is 15.7 Å². The van der Waals surface area contributed by atoms with Crippen molar-refractivity contribution in [2.45, 2.75) is 50.5 Å². The largest absolute Gasteiger partial charge is 0.396 e. The number of aliphatic hydroxyl groups excluding tert-OH is 1. The highest BCUT2D eigenvalue weighted by Crippen LogP contribution is 2.43. The zero-order valence-corrected chi connectivity index (χ0v) is 13.1. The van der Waals surface area contributed by atoms with E-state index in [1.807, 2.05) is 19.1 Å². The molecule has 0 spiro atoms. The number of carbonyl (C=O) groups is 1. The van der Waals surface area contributed by atoms with Crippen molar-refractivity contribution in [2.24, 2.45) is 0 Å². The fourth-order valence-electron chi connectivity index (χ4n) is 2.97. The van der Waals surface area contributed by atoms with Crippen molar-refractivity contribution in [3.8, 4) is 0 Å². The first-order chi connectivity index (χ1) is 10.6. The van der Waals surface area contributed by atoms with Crippen LogP contribution in [0.5, 0.6) is 0 Å². The molecule has 0 saturated heterocycles. The van der Waals surface area contributed by atoms with Crippen LogP contribution in [-0.2, 0) is 5.41 Å². The average Bonchev–Trinajstić information content (AvgIpc) is 2.45. The lowest BCUT2D eigenvalue weighted by Gasteiger charge is -2.42. The van der Waals surface area contributed by atoms with Crippen LogP contribution in [0.15, 0.2) is 24.3 Å². The van der Waals surface area contributed by atoms with Gasteiger partial charge in [-0.15, -0.1) is 0 Å². The number of hydrogen-bond donors (Lipinski definition) is 3.